The largest absolute Gasteiger partial charge is 0.318 e. The van der Waals surface area contributed by atoms with E-state index in [4.69, 9.17) is 0 Å². The molecule has 1 rings (SSSR count). The van der Waals surface area contributed by atoms with E-state index in [1.807, 2.05) is 0 Å². The lowest BCUT2D eigenvalue weighted by Gasteiger charge is -2.44. The minimum absolute atomic E-state index is 0.688. The van der Waals surface area contributed by atoms with Gasteiger partial charge in [0.15, 0.2) is 0 Å². The van der Waals surface area contributed by atoms with E-state index in [2.05, 4.69) is 56.7 Å². The molecule has 3 heteroatoms. The molecule has 1 N–H and O–H groups in total. The van der Waals surface area contributed by atoms with E-state index in [1.165, 1.54) is 12.3 Å². The molecule has 0 spiro atoms. The molecule has 0 saturated carbocycles. The highest BCUT2D eigenvalue weighted by molar-refractivity contribution is 8.00. The van der Waals surface area contributed by atoms with E-state index in [9.17, 15) is 0 Å². The zero-order valence-electron chi connectivity index (χ0n) is 10.8. The average molecular weight is 230 g/mol. The van der Waals surface area contributed by atoms with Crippen molar-refractivity contribution in [1.29, 1.82) is 0 Å². The molecule has 2 nitrogen and oxygen atoms in total. The monoisotopic (exact) mass is 230 g/mol. The van der Waals surface area contributed by atoms with Gasteiger partial charge < -0.3 is 5.32 Å². The first-order valence-corrected chi connectivity index (χ1v) is 7.14. The van der Waals surface area contributed by atoms with Crippen molar-refractivity contribution >= 4 is 11.8 Å². The highest BCUT2D eigenvalue weighted by Crippen LogP contribution is 2.27. The second-order valence-corrected chi connectivity index (χ2v) is 6.41. The van der Waals surface area contributed by atoms with Crippen molar-refractivity contribution in [2.75, 3.05) is 25.9 Å². The Balaban J connectivity index is 2.64. The van der Waals surface area contributed by atoms with Crippen LogP contribution in [0.3, 0.4) is 0 Å². The maximum absolute atomic E-state index is 3.33. The van der Waals surface area contributed by atoms with Gasteiger partial charge in [0.25, 0.3) is 0 Å². The van der Waals surface area contributed by atoms with Crippen molar-refractivity contribution in [3.05, 3.63) is 0 Å². The Morgan fingerprint density at radius 3 is 2.60 bits per heavy atom. The summed E-state index contributed by atoms with van der Waals surface area (Å²) in [5.74, 6) is 2.02. The maximum Gasteiger partial charge on any atom is 0.0247 e. The first kappa shape index (κ1) is 13.3. The van der Waals surface area contributed by atoms with Crippen molar-refractivity contribution in [2.45, 2.75) is 45.0 Å². The van der Waals surface area contributed by atoms with Gasteiger partial charge in [0.2, 0.25) is 0 Å². The molecule has 90 valence electrons. The number of likely N-dealkylation sites (N-methyl/N-ethyl adjacent to an activating group) is 1. The maximum atomic E-state index is 3.33. The van der Waals surface area contributed by atoms with Crippen LogP contribution in [0.15, 0.2) is 0 Å². The van der Waals surface area contributed by atoms with E-state index in [-0.39, 0.29) is 0 Å². The minimum Gasteiger partial charge on any atom is -0.318 e. The molecular formula is C12H26N2S. The average Bonchev–Trinajstić information content (AvgIpc) is 2.19. The molecule has 1 aliphatic heterocycles. The molecule has 1 saturated heterocycles. The highest BCUT2D eigenvalue weighted by atomic mass is 32.2. The summed E-state index contributed by atoms with van der Waals surface area (Å²) in [7, 11) is 2.06. The van der Waals surface area contributed by atoms with Crippen LogP contribution in [-0.4, -0.2) is 48.1 Å². The molecule has 0 aromatic carbocycles. The van der Waals surface area contributed by atoms with Gasteiger partial charge in [0, 0.05) is 36.2 Å². The van der Waals surface area contributed by atoms with Crippen molar-refractivity contribution in [3.63, 3.8) is 0 Å². The van der Waals surface area contributed by atoms with E-state index in [0.717, 1.165) is 17.7 Å². The van der Waals surface area contributed by atoms with Gasteiger partial charge in [-0.3, -0.25) is 4.90 Å². The van der Waals surface area contributed by atoms with Gasteiger partial charge in [-0.1, -0.05) is 20.8 Å². The SMILES string of the molecule is CNCC(C(C)C)N1CCSC(C)C1C. The fourth-order valence-electron chi connectivity index (χ4n) is 2.37. The number of nitrogens with one attached hydrogen (secondary N) is 1. The molecule has 15 heavy (non-hydrogen) atoms. The van der Waals surface area contributed by atoms with E-state index in [1.54, 1.807) is 0 Å². The molecule has 0 radical (unpaired) electrons. The van der Waals surface area contributed by atoms with Crippen molar-refractivity contribution < 1.29 is 0 Å². The summed E-state index contributed by atoms with van der Waals surface area (Å²) in [5.41, 5.74) is 0. The zero-order chi connectivity index (χ0) is 11.4. The quantitative estimate of drug-likeness (QED) is 0.796. The Labute approximate surface area is 99.2 Å². The number of thioether (sulfide) groups is 1. The Morgan fingerprint density at radius 1 is 1.40 bits per heavy atom. The predicted molar refractivity (Wildman–Crippen MR) is 70.6 cm³/mol. The van der Waals surface area contributed by atoms with Crippen LogP contribution in [-0.2, 0) is 0 Å². The van der Waals surface area contributed by atoms with Gasteiger partial charge in [0.1, 0.15) is 0 Å². The minimum atomic E-state index is 0.688. The second kappa shape index (κ2) is 6.12. The first-order valence-electron chi connectivity index (χ1n) is 6.09. The van der Waals surface area contributed by atoms with Gasteiger partial charge in [-0.15, -0.1) is 0 Å². The molecule has 3 atom stereocenters. The Hall–Kier alpha value is 0.270. The van der Waals surface area contributed by atoms with E-state index >= 15 is 0 Å². The lowest BCUT2D eigenvalue weighted by molar-refractivity contribution is 0.112. The van der Waals surface area contributed by atoms with E-state index in [0.29, 0.717) is 12.1 Å². The van der Waals surface area contributed by atoms with Crippen LogP contribution in [0.1, 0.15) is 27.7 Å². The van der Waals surface area contributed by atoms with Crippen LogP contribution in [0.5, 0.6) is 0 Å². The molecule has 0 aliphatic carbocycles. The molecule has 3 unspecified atom stereocenters. The normalized spacial score (nSPS) is 30.8. The summed E-state index contributed by atoms with van der Waals surface area (Å²) in [6, 6.07) is 1.40. The van der Waals surface area contributed by atoms with Crippen LogP contribution in [0.4, 0.5) is 0 Å². The summed E-state index contributed by atoms with van der Waals surface area (Å²) in [4.78, 5) is 2.70. The van der Waals surface area contributed by atoms with Gasteiger partial charge in [0.05, 0.1) is 0 Å². The molecule has 0 bridgehead atoms. The molecule has 1 fully saturated rings. The second-order valence-electron chi connectivity index (χ2n) is 4.92. The van der Waals surface area contributed by atoms with Gasteiger partial charge in [-0.25, -0.2) is 0 Å². The number of hydrogen-bond acceptors (Lipinski definition) is 3. The molecule has 0 aromatic heterocycles. The highest BCUT2D eigenvalue weighted by Gasteiger charge is 2.31. The lowest BCUT2D eigenvalue weighted by Crippen LogP contribution is -2.54. The van der Waals surface area contributed by atoms with Crippen molar-refractivity contribution in [1.82, 2.24) is 10.2 Å². The number of hydrogen-bond donors (Lipinski definition) is 1. The molecule has 0 amide bonds. The Kier molecular flexibility index (Phi) is 5.44. The van der Waals surface area contributed by atoms with Gasteiger partial charge in [-0.05, 0) is 19.9 Å². The topological polar surface area (TPSA) is 15.3 Å². The lowest BCUT2D eigenvalue weighted by atomic mass is 9.99. The Bertz CT molecular complexity index is 184. The number of rotatable bonds is 4. The summed E-state index contributed by atoms with van der Waals surface area (Å²) in [6.45, 7) is 11.8. The Morgan fingerprint density at radius 2 is 2.07 bits per heavy atom. The molecule has 1 heterocycles. The van der Waals surface area contributed by atoms with Crippen molar-refractivity contribution in [3.8, 4) is 0 Å². The van der Waals surface area contributed by atoms with Crippen LogP contribution in [0, 0.1) is 5.92 Å². The van der Waals surface area contributed by atoms with Gasteiger partial charge >= 0.3 is 0 Å². The predicted octanol–water partition coefficient (Wildman–Crippen LogP) is 2.06. The standard InChI is InChI=1S/C12H26N2S/c1-9(2)12(8-13-5)14-6-7-15-11(4)10(14)3/h9-13H,6-8H2,1-5H3. The fourth-order valence-corrected chi connectivity index (χ4v) is 3.49. The third kappa shape index (κ3) is 3.36. The summed E-state index contributed by atoms with van der Waals surface area (Å²) in [5, 5.41) is 4.11. The number of nitrogens with zero attached hydrogens (tertiary/aromatic N) is 1. The van der Waals surface area contributed by atoms with Crippen LogP contribution < -0.4 is 5.32 Å². The van der Waals surface area contributed by atoms with Crippen LogP contribution in [0.25, 0.3) is 0 Å². The third-order valence-corrected chi connectivity index (χ3v) is 4.88. The van der Waals surface area contributed by atoms with Crippen LogP contribution in [0.2, 0.25) is 0 Å². The van der Waals surface area contributed by atoms with Gasteiger partial charge in [-0.2, -0.15) is 11.8 Å². The van der Waals surface area contributed by atoms with Crippen molar-refractivity contribution in [2.24, 2.45) is 5.92 Å². The van der Waals surface area contributed by atoms with E-state index < -0.39 is 0 Å². The summed E-state index contributed by atoms with van der Waals surface area (Å²) < 4.78 is 0. The summed E-state index contributed by atoms with van der Waals surface area (Å²) in [6.07, 6.45) is 0. The first-order chi connectivity index (χ1) is 7.07. The fraction of sp³-hybridized carbons (Fsp3) is 1.00. The zero-order valence-corrected chi connectivity index (χ0v) is 11.6. The smallest absolute Gasteiger partial charge is 0.0247 e. The molecule has 1 aliphatic rings. The van der Waals surface area contributed by atoms with Crippen LogP contribution >= 0.6 is 11.8 Å². The molecule has 0 aromatic rings. The third-order valence-electron chi connectivity index (χ3n) is 3.54. The molecular weight excluding hydrogens is 204 g/mol. The summed E-state index contributed by atoms with van der Waals surface area (Å²) >= 11 is 2.12.